The molecule has 6 nitrogen and oxygen atoms in total. The third kappa shape index (κ3) is 2.33. The van der Waals surface area contributed by atoms with E-state index in [9.17, 15) is 10.1 Å². The third-order valence-electron chi connectivity index (χ3n) is 3.62. The van der Waals surface area contributed by atoms with E-state index in [-0.39, 0.29) is 5.69 Å². The summed E-state index contributed by atoms with van der Waals surface area (Å²) in [7, 11) is 0. The number of nitrogens with one attached hydrogen (secondary N) is 1. The van der Waals surface area contributed by atoms with E-state index < -0.39 is 4.92 Å². The van der Waals surface area contributed by atoms with Crippen LogP contribution in [-0.4, -0.2) is 21.4 Å². The van der Waals surface area contributed by atoms with Crippen LogP contribution < -0.4 is 5.32 Å². The van der Waals surface area contributed by atoms with Gasteiger partial charge < -0.3 is 5.32 Å². The van der Waals surface area contributed by atoms with Gasteiger partial charge in [0.1, 0.15) is 12.1 Å². The Bertz CT molecular complexity index is 652. The van der Waals surface area contributed by atoms with Crippen LogP contribution in [0.4, 0.5) is 11.5 Å². The SMILES string of the molecule is CC1(CNc2ncnc3ccc([N+](=O)[O-])cc23)CC1. The number of non-ortho nitro benzene ring substituents is 1. The number of nitro benzene ring substituents is 1. The third-order valence-corrected chi connectivity index (χ3v) is 3.62. The van der Waals surface area contributed by atoms with E-state index in [1.807, 2.05) is 0 Å². The lowest BCUT2D eigenvalue weighted by atomic mass is 10.1. The van der Waals surface area contributed by atoms with Crippen molar-refractivity contribution >= 4 is 22.4 Å². The van der Waals surface area contributed by atoms with Crippen LogP contribution in [0.1, 0.15) is 19.8 Å². The van der Waals surface area contributed by atoms with Crippen LogP contribution in [-0.2, 0) is 0 Å². The van der Waals surface area contributed by atoms with Gasteiger partial charge in [0.2, 0.25) is 0 Å². The quantitative estimate of drug-likeness (QED) is 0.673. The van der Waals surface area contributed by atoms with Gasteiger partial charge in [0.25, 0.3) is 5.69 Å². The van der Waals surface area contributed by atoms with E-state index in [0.29, 0.717) is 22.1 Å². The Morgan fingerprint density at radius 3 is 2.89 bits per heavy atom. The first-order valence-electron chi connectivity index (χ1n) is 6.20. The van der Waals surface area contributed by atoms with Crippen molar-refractivity contribution in [2.75, 3.05) is 11.9 Å². The second-order valence-electron chi connectivity index (χ2n) is 5.35. The van der Waals surface area contributed by atoms with E-state index in [2.05, 4.69) is 22.2 Å². The first kappa shape index (κ1) is 11.8. The predicted molar refractivity (Wildman–Crippen MR) is 72.0 cm³/mol. The monoisotopic (exact) mass is 258 g/mol. The van der Waals surface area contributed by atoms with E-state index in [1.54, 1.807) is 6.07 Å². The van der Waals surface area contributed by atoms with Crippen molar-refractivity contribution in [2.45, 2.75) is 19.8 Å². The molecule has 0 unspecified atom stereocenters. The zero-order valence-electron chi connectivity index (χ0n) is 10.6. The van der Waals surface area contributed by atoms with Crippen molar-refractivity contribution in [1.29, 1.82) is 0 Å². The van der Waals surface area contributed by atoms with E-state index in [1.165, 1.54) is 31.3 Å². The van der Waals surface area contributed by atoms with Crippen molar-refractivity contribution in [3.05, 3.63) is 34.6 Å². The number of nitro groups is 1. The minimum atomic E-state index is -0.404. The van der Waals surface area contributed by atoms with Gasteiger partial charge in [0.15, 0.2) is 0 Å². The molecule has 1 N–H and O–H groups in total. The lowest BCUT2D eigenvalue weighted by Crippen LogP contribution is -2.13. The Morgan fingerprint density at radius 2 is 2.21 bits per heavy atom. The summed E-state index contributed by atoms with van der Waals surface area (Å²) in [5.74, 6) is 0.668. The zero-order chi connectivity index (χ0) is 13.5. The van der Waals surface area contributed by atoms with E-state index in [4.69, 9.17) is 0 Å². The molecule has 1 heterocycles. The fourth-order valence-corrected chi connectivity index (χ4v) is 1.99. The molecule has 0 radical (unpaired) electrons. The molecule has 1 aromatic heterocycles. The molecule has 1 aliphatic carbocycles. The van der Waals surface area contributed by atoms with Gasteiger partial charge in [-0.05, 0) is 24.3 Å². The molecule has 2 aromatic rings. The largest absolute Gasteiger partial charge is 0.369 e. The highest BCUT2D eigenvalue weighted by atomic mass is 16.6. The first-order valence-corrected chi connectivity index (χ1v) is 6.20. The summed E-state index contributed by atoms with van der Waals surface area (Å²) < 4.78 is 0. The maximum absolute atomic E-state index is 10.8. The number of hydrogen-bond acceptors (Lipinski definition) is 5. The van der Waals surface area contributed by atoms with Crippen molar-refractivity contribution in [1.82, 2.24) is 9.97 Å². The van der Waals surface area contributed by atoms with E-state index in [0.717, 1.165) is 6.54 Å². The van der Waals surface area contributed by atoms with Crippen LogP contribution >= 0.6 is 0 Å². The van der Waals surface area contributed by atoms with Crippen LogP contribution in [0, 0.1) is 15.5 Å². The molecular weight excluding hydrogens is 244 g/mol. The van der Waals surface area contributed by atoms with Gasteiger partial charge in [-0.3, -0.25) is 10.1 Å². The molecule has 19 heavy (non-hydrogen) atoms. The zero-order valence-corrected chi connectivity index (χ0v) is 10.6. The van der Waals surface area contributed by atoms with Crippen molar-refractivity contribution in [3.63, 3.8) is 0 Å². The summed E-state index contributed by atoms with van der Waals surface area (Å²) in [5, 5.41) is 14.8. The normalized spacial score (nSPS) is 16.3. The molecule has 0 aliphatic heterocycles. The molecule has 1 saturated carbocycles. The average Bonchev–Trinajstić information content (AvgIpc) is 3.14. The molecule has 0 saturated heterocycles. The second-order valence-corrected chi connectivity index (χ2v) is 5.35. The summed E-state index contributed by atoms with van der Waals surface area (Å²) in [6, 6.07) is 4.63. The number of hydrogen-bond donors (Lipinski definition) is 1. The van der Waals surface area contributed by atoms with Crippen LogP contribution in [0.25, 0.3) is 10.9 Å². The molecule has 0 bridgehead atoms. The maximum Gasteiger partial charge on any atom is 0.270 e. The maximum atomic E-state index is 10.8. The predicted octanol–water partition coefficient (Wildman–Crippen LogP) is 2.75. The summed E-state index contributed by atoms with van der Waals surface area (Å²) in [4.78, 5) is 18.7. The molecule has 0 atom stereocenters. The number of nitrogens with zero attached hydrogens (tertiary/aromatic N) is 3. The Labute approximate surface area is 110 Å². The Kier molecular flexibility index (Phi) is 2.58. The van der Waals surface area contributed by atoms with Crippen LogP contribution in [0.2, 0.25) is 0 Å². The number of rotatable bonds is 4. The summed E-state index contributed by atoms with van der Waals surface area (Å²) in [5.41, 5.74) is 1.12. The van der Waals surface area contributed by atoms with Gasteiger partial charge in [-0.25, -0.2) is 9.97 Å². The topological polar surface area (TPSA) is 81.0 Å². The number of fused-ring (bicyclic) bond motifs is 1. The summed E-state index contributed by atoms with van der Waals surface area (Å²) in [6.45, 7) is 3.05. The second kappa shape index (κ2) is 4.15. The van der Waals surface area contributed by atoms with Gasteiger partial charge in [-0.2, -0.15) is 0 Å². The average molecular weight is 258 g/mol. The van der Waals surface area contributed by atoms with Crippen LogP contribution in [0.3, 0.4) is 0 Å². The van der Waals surface area contributed by atoms with Crippen molar-refractivity contribution in [3.8, 4) is 0 Å². The Morgan fingerprint density at radius 1 is 1.42 bits per heavy atom. The Balaban J connectivity index is 1.97. The molecule has 1 aromatic carbocycles. The van der Waals surface area contributed by atoms with Crippen LogP contribution in [0.5, 0.6) is 0 Å². The van der Waals surface area contributed by atoms with Gasteiger partial charge in [0, 0.05) is 24.1 Å². The Hall–Kier alpha value is -2.24. The highest BCUT2D eigenvalue weighted by Crippen LogP contribution is 2.44. The standard InChI is InChI=1S/C13H14N4O2/c1-13(4-5-13)7-14-12-10-6-9(17(18)19)2-3-11(10)15-8-16-12/h2-3,6,8H,4-5,7H2,1H3,(H,14,15,16). The van der Waals surface area contributed by atoms with Gasteiger partial charge in [-0.15, -0.1) is 0 Å². The lowest BCUT2D eigenvalue weighted by Gasteiger charge is -2.11. The van der Waals surface area contributed by atoms with Gasteiger partial charge in [0.05, 0.1) is 10.4 Å². The van der Waals surface area contributed by atoms with E-state index >= 15 is 0 Å². The van der Waals surface area contributed by atoms with Crippen LogP contribution in [0.15, 0.2) is 24.5 Å². The molecule has 6 heteroatoms. The number of benzene rings is 1. The summed E-state index contributed by atoms with van der Waals surface area (Å²) >= 11 is 0. The molecule has 1 aliphatic rings. The first-order chi connectivity index (χ1) is 9.07. The summed E-state index contributed by atoms with van der Waals surface area (Å²) in [6.07, 6.45) is 3.90. The van der Waals surface area contributed by atoms with Crippen molar-refractivity contribution in [2.24, 2.45) is 5.41 Å². The van der Waals surface area contributed by atoms with Gasteiger partial charge >= 0.3 is 0 Å². The smallest absolute Gasteiger partial charge is 0.270 e. The minimum absolute atomic E-state index is 0.0583. The molecule has 3 rings (SSSR count). The number of anilines is 1. The highest BCUT2D eigenvalue weighted by molar-refractivity contribution is 5.90. The fraction of sp³-hybridized carbons (Fsp3) is 0.385. The van der Waals surface area contributed by atoms with Gasteiger partial charge in [-0.1, -0.05) is 6.92 Å². The van der Waals surface area contributed by atoms with Crippen molar-refractivity contribution < 1.29 is 4.92 Å². The lowest BCUT2D eigenvalue weighted by molar-refractivity contribution is -0.384. The molecular formula is C13H14N4O2. The molecule has 1 fully saturated rings. The molecule has 0 amide bonds. The molecule has 98 valence electrons. The molecule has 0 spiro atoms. The fourth-order valence-electron chi connectivity index (χ4n) is 1.99. The number of aromatic nitrogens is 2. The highest BCUT2D eigenvalue weighted by Gasteiger charge is 2.36. The minimum Gasteiger partial charge on any atom is -0.369 e.